The number of benzene rings is 1. The van der Waals surface area contributed by atoms with Crippen LogP contribution >= 0.6 is 0 Å². The third-order valence-corrected chi connectivity index (χ3v) is 4.03. The van der Waals surface area contributed by atoms with E-state index in [4.69, 9.17) is 11.5 Å². The van der Waals surface area contributed by atoms with Gasteiger partial charge in [0.2, 0.25) is 0 Å². The number of nitrogens with zero attached hydrogens (tertiary/aromatic N) is 1. The molecular formula is C15H25N3. The molecule has 0 amide bonds. The molecule has 3 heteroatoms. The minimum absolute atomic E-state index is 0.0461. The van der Waals surface area contributed by atoms with Gasteiger partial charge in [-0.15, -0.1) is 0 Å². The van der Waals surface area contributed by atoms with Crippen LogP contribution in [0.3, 0.4) is 0 Å². The molecule has 1 aliphatic rings. The zero-order valence-electron chi connectivity index (χ0n) is 11.5. The molecule has 0 bridgehead atoms. The third-order valence-electron chi connectivity index (χ3n) is 4.03. The van der Waals surface area contributed by atoms with Gasteiger partial charge >= 0.3 is 0 Å². The molecule has 1 aliphatic carbocycles. The Morgan fingerprint density at radius 1 is 1.17 bits per heavy atom. The Labute approximate surface area is 110 Å². The predicted molar refractivity (Wildman–Crippen MR) is 77.8 cm³/mol. The van der Waals surface area contributed by atoms with Gasteiger partial charge in [-0.2, -0.15) is 0 Å². The van der Waals surface area contributed by atoms with Crippen molar-refractivity contribution >= 4 is 5.69 Å². The summed E-state index contributed by atoms with van der Waals surface area (Å²) in [6.45, 7) is 0. The Hall–Kier alpha value is -1.06. The Morgan fingerprint density at radius 2 is 1.72 bits per heavy atom. The van der Waals surface area contributed by atoms with Gasteiger partial charge < -0.3 is 16.4 Å². The molecule has 1 aromatic rings. The van der Waals surface area contributed by atoms with Crippen LogP contribution in [0.4, 0.5) is 5.69 Å². The summed E-state index contributed by atoms with van der Waals surface area (Å²) in [6, 6.07) is 9.06. The summed E-state index contributed by atoms with van der Waals surface area (Å²) in [6.07, 6.45) is 5.18. The van der Waals surface area contributed by atoms with Crippen molar-refractivity contribution in [1.29, 1.82) is 0 Å². The molecule has 1 fully saturated rings. The SMILES string of the molecule is CN(C)c1ccc(CC2(N)CCC(N)CC2)cc1. The summed E-state index contributed by atoms with van der Waals surface area (Å²) in [4.78, 5) is 2.11. The molecule has 1 aromatic carbocycles. The van der Waals surface area contributed by atoms with Gasteiger partial charge in [0.05, 0.1) is 0 Å². The van der Waals surface area contributed by atoms with E-state index in [0.717, 1.165) is 32.1 Å². The topological polar surface area (TPSA) is 55.3 Å². The number of hydrogen-bond donors (Lipinski definition) is 2. The summed E-state index contributed by atoms with van der Waals surface area (Å²) < 4.78 is 0. The van der Waals surface area contributed by atoms with Crippen molar-refractivity contribution in [3.63, 3.8) is 0 Å². The highest BCUT2D eigenvalue weighted by molar-refractivity contribution is 5.46. The normalized spacial score (nSPS) is 28.1. The van der Waals surface area contributed by atoms with E-state index in [9.17, 15) is 0 Å². The third kappa shape index (κ3) is 3.24. The van der Waals surface area contributed by atoms with E-state index in [2.05, 4.69) is 43.3 Å². The summed E-state index contributed by atoms with van der Waals surface area (Å²) in [7, 11) is 4.11. The predicted octanol–water partition coefficient (Wildman–Crippen LogP) is 1.89. The molecule has 0 spiro atoms. The molecule has 4 N–H and O–H groups in total. The highest BCUT2D eigenvalue weighted by atomic mass is 15.1. The van der Waals surface area contributed by atoms with E-state index < -0.39 is 0 Å². The van der Waals surface area contributed by atoms with Crippen LogP contribution in [0, 0.1) is 0 Å². The molecule has 0 unspecified atom stereocenters. The van der Waals surface area contributed by atoms with Gasteiger partial charge in [-0.3, -0.25) is 0 Å². The van der Waals surface area contributed by atoms with E-state index in [1.807, 2.05) is 0 Å². The first-order valence-corrected chi connectivity index (χ1v) is 6.79. The van der Waals surface area contributed by atoms with Crippen LogP contribution < -0.4 is 16.4 Å². The van der Waals surface area contributed by atoms with Gasteiger partial charge in [0.1, 0.15) is 0 Å². The summed E-state index contributed by atoms with van der Waals surface area (Å²) >= 11 is 0. The first kappa shape index (κ1) is 13.4. The monoisotopic (exact) mass is 247 g/mol. The van der Waals surface area contributed by atoms with E-state index in [0.29, 0.717) is 6.04 Å². The smallest absolute Gasteiger partial charge is 0.0361 e. The minimum atomic E-state index is -0.0461. The minimum Gasteiger partial charge on any atom is -0.378 e. The molecular weight excluding hydrogens is 222 g/mol. The van der Waals surface area contributed by atoms with E-state index in [-0.39, 0.29) is 5.54 Å². The number of nitrogens with two attached hydrogens (primary N) is 2. The van der Waals surface area contributed by atoms with Crippen molar-refractivity contribution < 1.29 is 0 Å². The lowest BCUT2D eigenvalue weighted by Gasteiger charge is -2.36. The number of anilines is 1. The lowest BCUT2D eigenvalue weighted by molar-refractivity contribution is 0.271. The standard InChI is InChI=1S/C15H25N3/c1-18(2)14-5-3-12(4-6-14)11-15(17)9-7-13(16)8-10-15/h3-6,13H,7-11,16-17H2,1-2H3. The van der Waals surface area contributed by atoms with Crippen LogP contribution in [0.1, 0.15) is 31.2 Å². The van der Waals surface area contributed by atoms with Crippen LogP contribution in [-0.2, 0) is 6.42 Å². The number of rotatable bonds is 3. The Bertz CT molecular complexity index is 375. The van der Waals surface area contributed by atoms with Gasteiger partial charge in [0.25, 0.3) is 0 Å². The molecule has 0 aliphatic heterocycles. The molecule has 3 nitrogen and oxygen atoms in total. The van der Waals surface area contributed by atoms with Gasteiger partial charge in [-0.1, -0.05) is 12.1 Å². The van der Waals surface area contributed by atoms with E-state index in [1.165, 1.54) is 11.3 Å². The largest absolute Gasteiger partial charge is 0.378 e. The summed E-state index contributed by atoms with van der Waals surface area (Å²) in [5, 5.41) is 0. The molecule has 18 heavy (non-hydrogen) atoms. The quantitative estimate of drug-likeness (QED) is 0.857. The molecule has 2 rings (SSSR count). The maximum absolute atomic E-state index is 6.49. The van der Waals surface area contributed by atoms with Crippen molar-refractivity contribution in [2.24, 2.45) is 11.5 Å². The average Bonchev–Trinajstić information content (AvgIpc) is 2.34. The van der Waals surface area contributed by atoms with E-state index in [1.54, 1.807) is 0 Å². The summed E-state index contributed by atoms with van der Waals surface area (Å²) in [5.41, 5.74) is 14.9. The van der Waals surface area contributed by atoms with Crippen molar-refractivity contribution in [2.45, 2.75) is 43.7 Å². The first-order chi connectivity index (χ1) is 8.48. The van der Waals surface area contributed by atoms with Gasteiger partial charge in [-0.05, 0) is 49.8 Å². The zero-order chi connectivity index (χ0) is 13.2. The number of hydrogen-bond acceptors (Lipinski definition) is 3. The average molecular weight is 247 g/mol. The molecule has 0 heterocycles. The van der Waals surface area contributed by atoms with Crippen molar-refractivity contribution in [2.75, 3.05) is 19.0 Å². The molecule has 100 valence electrons. The van der Waals surface area contributed by atoms with Crippen molar-refractivity contribution in [3.05, 3.63) is 29.8 Å². The maximum Gasteiger partial charge on any atom is 0.0361 e. The molecule has 0 aromatic heterocycles. The van der Waals surface area contributed by atoms with Crippen molar-refractivity contribution in [1.82, 2.24) is 0 Å². The zero-order valence-corrected chi connectivity index (χ0v) is 11.5. The Balaban J connectivity index is 2.00. The maximum atomic E-state index is 6.49. The Morgan fingerprint density at radius 3 is 2.22 bits per heavy atom. The second-order valence-electron chi connectivity index (χ2n) is 5.94. The Kier molecular flexibility index (Phi) is 3.93. The van der Waals surface area contributed by atoms with Crippen LogP contribution in [0.5, 0.6) is 0 Å². The fraction of sp³-hybridized carbons (Fsp3) is 0.600. The van der Waals surface area contributed by atoms with Gasteiger partial charge in [0.15, 0.2) is 0 Å². The molecule has 1 saturated carbocycles. The summed E-state index contributed by atoms with van der Waals surface area (Å²) in [5.74, 6) is 0. The van der Waals surface area contributed by atoms with Crippen LogP contribution in [0.15, 0.2) is 24.3 Å². The highest BCUT2D eigenvalue weighted by Crippen LogP contribution is 2.29. The van der Waals surface area contributed by atoms with E-state index >= 15 is 0 Å². The van der Waals surface area contributed by atoms with Crippen LogP contribution in [-0.4, -0.2) is 25.7 Å². The van der Waals surface area contributed by atoms with Crippen molar-refractivity contribution in [3.8, 4) is 0 Å². The lowest BCUT2D eigenvalue weighted by atomic mass is 9.77. The van der Waals surface area contributed by atoms with Gasteiger partial charge in [0, 0.05) is 31.4 Å². The second-order valence-corrected chi connectivity index (χ2v) is 5.94. The second kappa shape index (κ2) is 5.29. The molecule has 0 saturated heterocycles. The molecule has 0 atom stereocenters. The first-order valence-electron chi connectivity index (χ1n) is 6.79. The van der Waals surface area contributed by atoms with Gasteiger partial charge in [-0.25, -0.2) is 0 Å². The lowest BCUT2D eigenvalue weighted by Crippen LogP contribution is -2.47. The fourth-order valence-corrected chi connectivity index (χ4v) is 2.71. The molecule has 0 radical (unpaired) electrons. The van der Waals surface area contributed by atoms with Crippen LogP contribution in [0.2, 0.25) is 0 Å². The van der Waals surface area contributed by atoms with Crippen LogP contribution in [0.25, 0.3) is 0 Å². The highest BCUT2D eigenvalue weighted by Gasteiger charge is 2.30. The fourth-order valence-electron chi connectivity index (χ4n) is 2.71.